The van der Waals surface area contributed by atoms with Crippen molar-refractivity contribution in [2.75, 3.05) is 23.7 Å². The van der Waals surface area contributed by atoms with Gasteiger partial charge in [-0.25, -0.2) is 14.2 Å². The molecule has 1 aliphatic heterocycles. The van der Waals surface area contributed by atoms with Crippen LogP contribution in [0.4, 0.5) is 20.6 Å². The van der Waals surface area contributed by atoms with Crippen molar-refractivity contribution in [3.8, 4) is 0 Å². The number of carbonyl (C=O) groups is 1. The third-order valence-electron chi connectivity index (χ3n) is 4.48. The van der Waals surface area contributed by atoms with Crippen LogP contribution in [0, 0.1) is 5.82 Å². The Morgan fingerprint density at radius 1 is 1.54 bits per heavy atom. The van der Waals surface area contributed by atoms with E-state index in [9.17, 15) is 9.18 Å². The van der Waals surface area contributed by atoms with Crippen LogP contribution in [-0.2, 0) is 7.05 Å². The van der Waals surface area contributed by atoms with Crippen LogP contribution in [0.15, 0.2) is 6.07 Å². The Bertz CT molecular complexity index is 802. The number of aromatic nitrogens is 2. The topological polar surface area (TPSA) is 96.4 Å². The number of halogens is 1. The number of amides is 1. The maximum absolute atomic E-state index is 14.5. The molecule has 3 rings (SSSR count). The highest BCUT2D eigenvalue weighted by Gasteiger charge is 2.29. The summed E-state index contributed by atoms with van der Waals surface area (Å²) >= 11 is 0. The van der Waals surface area contributed by atoms with Crippen LogP contribution >= 0.6 is 0 Å². The minimum absolute atomic E-state index is 0.149. The second kappa shape index (κ2) is 5.85. The van der Waals surface area contributed by atoms with Crippen molar-refractivity contribution in [2.24, 2.45) is 7.05 Å². The molecule has 2 aromatic rings. The van der Waals surface area contributed by atoms with Gasteiger partial charge in [0.25, 0.3) is 0 Å². The first-order valence-electron chi connectivity index (χ1n) is 7.98. The van der Waals surface area contributed by atoms with Gasteiger partial charge in [-0.2, -0.15) is 0 Å². The van der Waals surface area contributed by atoms with Crippen molar-refractivity contribution in [1.29, 1.82) is 0 Å². The van der Waals surface area contributed by atoms with Crippen molar-refractivity contribution < 1.29 is 14.3 Å². The van der Waals surface area contributed by atoms with Gasteiger partial charge in [-0.05, 0) is 6.42 Å². The molecule has 1 aliphatic rings. The lowest BCUT2D eigenvalue weighted by Crippen LogP contribution is -2.36. The smallest absolute Gasteiger partial charge is 0.404 e. The molecule has 24 heavy (non-hydrogen) atoms. The van der Waals surface area contributed by atoms with E-state index in [2.05, 4.69) is 10.3 Å². The minimum atomic E-state index is -1.04. The Kier molecular flexibility index (Phi) is 3.98. The molecule has 0 saturated carbocycles. The van der Waals surface area contributed by atoms with E-state index in [0.29, 0.717) is 41.9 Å². The van der Waals surface area contributed by atoms with Crippen LogP contribution in [0.1, 0.15) is 32.0 Å². The maximum Gasteiger partial charge on any atom is 0.404 e. The van der Waals surface area contributed by atoms with Gasteiger partial charge in [0.2, 0.25) is 0 Å². The number of hydrogen-bond donors (Lipinski definition) is 3. The molecular formula is C16H22FN5O2. The highest BCUT2D eigenvalue weighted by atomic mass is 19.1. The summed E-state index contributed by atoms with van der Waals surface area (Å²) in [6, 6.07) is 1.15. The molecule has 1 atom stereocenters. The number of nitrogens with zero attached hydrogens (tertiary/aromatic N) is 3. The number of carboxylic acid groups (broad SMARTS) is 1. The quantitative estimate of drug-likeness (QED) is 0.748. The molecule has 2 heterocycles. The van der Waals surface area contributed by atoms with Gasteiger partial charge in [0.15, 0.2) is 5.82 Å². The molecule has 1 saturated heterocycles. The van der Waals surface area contributed by atoms with Crippen LogP contribution in [0.5, 0.6) is 0 Å². The zero-order chi connectivity index (χ0) is 17.6. The second-order valence-corrected chi connectivity index (χ2v) is 6.56. The number of aryl methyl sites for hydroxylation is 1. The van der Waals surface area contributed by atoms with Crippen molar-refractivity contribution in [1.82, 2.24) is 14.9 Å². The molecule has 7 nitrogen and oxygen atoms in total. The standard InChI is InChI=1S/C16H22FN5O2/c1-8(2)15-20-12-13(21(15)3)10(17)6-11(18)14(12)22-5-4-9(7-22)19-16(23)24/h6,8-9,19H,4-5,7,18H2,1-3H3,(H,23,24). The summed E-state index contributed by atoms with van der Waals surface area (Å²) in [6.07, 6.45) is -0.368. The fraction of sp³-hybridized carbons (Fsp3) is 0.500. The predicted octanol–water partition coefficient (Wildman–Crippen LogP) is 2.26. The lowest BCUT2D eigenvalue weighted by atomic mass is 10.2. The third kappa shape index (κ3) is 2.61. The summed E-state index contributed by atoms with van der Waals surface area (Å²) in [5, 5.41) is 11.4. The number of fused-ring (bicyclic) bond motifs is 1. The SMILES string of the molecule is CC(C)c1nc2c(N3CCC(NC(=O)O)C3)c(N)cc(F)c2n1C. The number of nitrogen functional groups attached to an aromatic ring is 1. The molecule has 0 aliphatic carbocycles. The molecule has 1 unspecified atom stereocenters. The van der Waals surface area contributed by atoms with Gasteiger partial charge in [-0.3, -0.25) is 0 Å². The van der Waals surface area contributed by atoms with Crippen LogP contribution in [-0.4, -0.2) is 39.9 Å². The van der Waals surface area contributed by atoms with Crippen LogP contribution < -0.4 is 16.0 Å². The van der Waals surface area contributed by atoms with Gasteiger partial charge >= 0.3 is 6.09 Å². The fourth-order valence-corrected chi connectivity index (χ4v) is 3.47. The van der Waals surface area contributed by atoms with Crippen molar-refractivity contribution in [3.05, 3.63) is 17.7 Å². The Labute approximate surface area is 139 Å². The number of nitrogens with two attached hydrogens (primary N) is 1. The summed E-state index contributed by atoms with van der Waals surface area (Å²) in [5.41, 5.74) is 8.05. The first kappa shape index (κ1) is 16.4. The molecule has 130 valence electrons. The summed E-state index contributed by atoms with van der Waals surface area (Å²) in [7, 11) is 1.80. The van der Waals surface area contributed by atoms with Crippen LogP contribution in [0.3, 0.4) is 0 Å². The normalized spacial score (nSPS) is 17.9. The lowest BCUT2D eigenvalue weighted by molar-refractivity contribution is 0.191. The predicted molar refractivity (Wildman–Crippen MR) is 91.0 cm³/mol. The van der Waals surface area contributed by atoms with E-state index in [1.165, 1.54) is 6.07 Å². The van der Waals surface area contributed by atoms with E-state index in [1.807, 2.05) is 18.7 Å². The summed E-state index contributed by atoms with van der Waals surface area (Å²) in [4.78, 5) is 17.4. The van der Waals surface area contributed by atoms with Crippen molar-refractivity contribution in [2.45, 2.75) is 32.2 Å². The van der Waals surface area contributed by atoms with E-state index >= 15 is 0 Å². The maximum atomic E-state index is 14.5. The Balaban J connectivity index is 2.08. The number of hydrogen-bond acceptors (Lipinski definition) is 4. The number of anilines is 2. The number of rotatable bonds is 3. The molecule has 4 N–H and O–H groups in total. The summed E-state index contributed by atoms with van der Waals surface area (Å²) in [5.74, 6) is 0.540. The van der Waals surface area contributed by atoms with Crippen molar-refractivity contribution in [3.63, 3.8) is 0 Å². The Morgan fingerprint density at radius 3 is 2.88 bits per heavy atom. The monoisotopic (exact) mass is 335 g/mol. The molecule has 0 spiro atoms. The van der Waals surface area contributed by atoms with E-state index in [4.69, 9.17) is 10.8 Å². The van der Waals surface area contributed by atoms with Gasteiger partial charge in [0.1, 0.15) is 16.9 Å². The van der Waals surface area contributed by atoms with Gasteiger partial charge < -0.3 is 25.6 Å². The van der Waals surface area contributed by atoms with Crippen LogP contribution in [0.25, 0.3) is 11.0 Å². The highest BCUT2D eigenvalue weighted by Crippen LogP contribution is 2.37. The van der Waals surface area contributed by atoms with Gasteiger partial charge in [0.05, 0.1) is 17.4 Å². The molecule has 1 amide bonds. The first-order valence-corrected chi connectivity index (χ1v) is 7.98. The Morgan fingerprint density at radius 2 is 2.25 bits per heavy atom. The molecule has 1 fully saturated rings. The number of benzene rings is 1. The van der Waals surface area contributed by atoms with Gasteiger partial charge in [0, 0.05) is 32.1 Å². The zero-order valence-corrected chi connectivity index (χ0v) is 14.0. The molecule has 1 aromatic carbocycles. The molecule has 8 heteroatoms. The van der Waals surface area contributed by atoms with E-state index in [0.717, 1.165) is 5.82 Å². The van der Waals surface area contributed by atoms with Crippen molar-refractivity contribution >= 4 is 28.5 Å². The van der Waals surface area contributed by atoms with E-state index in [1.54, 1.807) is 11.6 Å². The largest absolute Gasteiger partial charge is 0.465 e. The number of nitrogens with one attached hydrogen (secondary N) is 1. The lowest BCUT2D eigenvalue weighted by Gasteiger charge is -2.21. The average Bonchev–Trinajstić information content (AvgIpc) is 3.03. The van der Waals surface area contributed by atoms with E-state index in [-0.39, 0.29) is 12.0 Å². The summed E-state index contributed by atoms with van der Waals surface area (Å²) in [6.45, 7) is 5.14. The Hall–Kier alpha value is -2.51. The first-order chi connectivity index (χ1) is 11.3. The summed E-state index contributed by atoms with van der Waals surface area (Å²) < 4.78 is 16.2. The number of imidazole rings is 1. The van der Waals surface area contributed by atoms with Crippen LogP contribution in [0.2, 0.25) is 0 Å². The third-order valence-corrected chi connectivity index (χ3v) is 4.48. The van der Waals surface area contributed by atoms with Gasteiger partial charge in [-0.1, -0.05) is 13.8 Å². The zero-order valence-electron chi connectivity index (χ0n) is 14.0. The fourth-order valence-electron chi connectivity index (χ4n) is 3.47. The second-order valence-electron chi connectivity index (χ2n) is 6.56. The minimum Gasteiger partial charge on any atom is -0.465 e. The molecule has 0 radical (unpaired) electrons. The highest BCUT2D eigenvalue weighted by molar-refractivity contribution is 5.97. The molecular weight excluding hydrogens is 313 g/mol. The molecule has 1 aromatic heterocycles. The molecule has 0 bridgehead atoms. The van der Waals surface area contributed by atoms with Gasteiger partial charge in [-0.15, -0.1) is 0 Å². The van der Waals surface area contributed by atoms with E-state index < -0.39 is 11.9 Å². The average molecular weight is 335 g/mol.